The molecule has 0 fully saturated rings. The summed E-state index contributed by atoms with van der Waals surface area (Å²) in [6, 6.07) is 12.5. The van der Waals surface area contributed by atoms with Gasteiger partial charge in [-0.3, -0.25) is 4.90 Å². The molecule has 2 aromatic rings. The van der Waals surface area contributed by atoms with Crippen LogP contribution in [0.25, 0.3) is 0 Å². The van der Waals surface area contributed by atoms with Crippen molar-refractivity contribution >= 4 is 47.6 Å². The summed E-state index contributed by atoms with van der Waals surface area (Å²) in [6.45, 7) is 1.13. The van der Waals surface area contributed by atoms with E-state index in [2.05, 4.69) is 14.6 Å². The van der Waals surface area contributed by atoms with Gasteiger partial charge in [0.1, 0.15) is 16.5 Å². The van der Waals surface area contributed by atoms with Crippen LogP contribution in [0.3, 0.4) is 0 Å². The van der Waals surface area contributed by atoms with Crippen LogP contribution in [0.15, 0.2) is 51.8 Å². The van der Waals surface area contributed by atoms with Crippen LogP contribution in [0.2, 0.25) is 0 Å². The molecule has 0 amide bonds. The van der Waals surface area contributed by atoms with Gasteiger partial charge in [0.2, 0.25) is 0 Å². The highest BCUT2D eigenvalue weighted by Crippen LogP contribution is 2.39. The van der Waals surface area contributed by atoms with E-state index in [1.165, 1.54) is 21.1 Å². The molecule has 6 nitrogen and oxygen atoms in total. The second-order valence-corrected chi connectivity index (χ2v) is 12.4. The van der Waals surface area contributed by atoms with E-state index in [0.717, 1.165) is 5.56 Å². The minimum Gasteiger partial charge on any atom is -0.493 e. The van der Waals surface area contributed by atoms with Gasteiger partial charge in [0.25, 0.3) is 10.0 Å². The van der Waals surface area contributed by atoms with E-state index in [-0.39, 0.29) is 30.6 Å². The van der Waals surface area contributed by atoms with Crippen molar-refractivity contribution in [1.29, 1.82) is 0 Å². The third-order valence-corrected chi connectivity index (χ3v) is 9.73. The van der Waals surface area contributed by atoms with Crippen molar-refractivity contribution in [2.24, 2.45) is 4.40 Å². The molecule has 2 aliphatic heterocycles. The zero-order valence-corrected chi connectivity index (χ0v) is 19.3. The summed E-state index contributed by atoms with van der Waals surface area (Å²) in [4.78, 5) is 1.67. The average molecular weight is 547 g/mol. The molecule has 0 radical (unpaired) electrons. The maximum Gasteiger partial charge on any atom is 0.287 e. The van der Waals surface area contributed by atoms with Crippen LogP contribution in [0.5, 0.6) is 5.75 Å². The summed E-state index contributed by atoms with van der Waals surface area (Å²) < 4.78 is 51.3. The van der Waals surface area contributed by atoms with Gasteiger partial charge in [0.05, 0.1) is 6.61 Å². The number of hydrogen-bond donors (Lipinski definition) is 1. The fourth-order valence-electron chi connectivity index (χ4n) is 3.36. The molecule has 2 aromatic carbocycles. The lowest BCUT2D eigenvalue weighted by atomic mass is 9.98. The summed E-state index contributed by atoms with van der Waals surface area (Å²) in [5.74, 6) is -0.411. The highest BCUT2D eigenvalue weighted by atomic mass is 127. The lowest BCUT2D eigenvalue weighted by molar-refractivity contribution is 0.160. The van der Waals surface area contributed by atoms with E-state index >= 15 is 0 Å². The number of halogens is 2. The highest BCUT2D eigenvalue weighted by Gasteiger charge is 2.30. The molecule has 0 aliphatic carbocycles. The van der Waals surface area contributed by atoms with Crippen molar-refractivity contribution in [1.82, 2.24) is 10.2 Å². The van der Waals surface area contributed by atoms with Crippen LogP contribution < -0.4 is 10.1 Å². The van der Waals surface area contributed by atoms with Gasteiger partial charge in [-0.05, 0) is 47.0 Å². The summed E-state index contributed by atoms with van der Waals surface area (Å²) in [5, 5.41) is 3.09. The number of rotatable bonds is 5. The van der Waals surface area contributed by atoms with Gasteiger partial charge >= 0.3 is 0 Å². The van der Waals surface area contributed by atoms with Gasteiger partial charge in [0, 0.05) is 34.8 Å². The van der Waals surface area contributed by atoms with Crippen LogP contribution in [0.1, 0.15) is 23.6 Å². The molecule has 1 N–H and O–H groups in total. The van der Waals surface area contributed by atoms with E-state index in [4.69, 9.17) is 4.74 Å². The van der Waals surface area contributed by atoms with Gasteiger partial charge in [-0.2, -0.15) is 8.42 Å². The van der Waals surface area contributed by atoms with Crippen LogP contribution in [-0.2, 0) is 16.6 Å². The molecule has 0 unspecified atom stereocenters. The maximum absolute atomic E-state index is 14.9. The average Bonchev–Trinajstić information content (AvgIpc) is 3.20. The molecule has 0 bridgehead atoms. The lowest BCUT2D eigenvalue weighted by Gasteiger charge is -2.33. The Morgan fingerprint density at radius 1 is 1.34 bits per heavy atom. The molecule has 0 saturated heterocycles. The Kier molecular flexibility index (Phi) is 6.23. The highest BCUT2D eigenvalue weighted by molar-refractivity contribution is 14.2. The topological polar surface area (TPSA) is 71.0 Å². The second-order valence-electron chi connectivity index (χ2n) is 6.67. The van der Waals surface area contributed by atoms with E-state index < -0.39 is 20.7 Å². The van der Waals surface area contributed by atoms with E-state index in [1.807, 2.05) is 37.4 Å². The SMILES string of the molecule is CN(Cc1ccccc1)[C@H]1CCOc2cc(S(=O)(=O)N=C3NC=IS3)c(F)cc21. The summed E-state index contributed by atoms with van der Waals surface area (Å²) in [5.41, 5.74) is 1.81. The van der Waals surface area contributed by atoms with Crippen LogP contribution in [0.4, 0.5) is 4.39 Å². The monoisotopic (exact) mass is 547 g/mol. The smallest absolute Gasteiger partial charge is 0.287 e. The minimum absolute atomic E-state index is 0.0667. The standard InChI is InChI=1S/C19H19FIN3O3S2/c1-24(11-13-5-3-2-4-6-13)16-7-8-27-17-10-18(15(20)9-14(16)17)29(25,26)23-19-22-12-21-28-19/h2-6,9-10,12,16H,7-8,11H2,1H3,(H,22,23)/t16-/m0/s1. The molecular formula is C19H19FIN3O3S2. The Bertz CT molecular complexity index is 1070. The van der Waals surface area contributed by atoms with Gasteiger partial charge in [-0.25, -0.2) is 4.39 Å². The number of amidine groups is 1. The third-order valence-electron chi connectivity index (χ3n) is 4.70. The number of sulfonamides is 1. The Balaban J connectivity index is 1.64. The lowest BCUT2D eigenvalue weighted by Crippen LogP contribution is -2.29. The van der Waals surface area contributed by atoms with Crippen molar-refractivity contribution in [3.05, 3.63) is 59.4 Å². The first-order valence-corrected chi connectivity index (χ1v) is 14.9. The zero-order chi connectivity index (χ0) is 20.4. The van der Waals surface area contributed by atoms with Gasteiger partial charge < -0.3 is 10.1 Å². The minimum atomic E-state index is -4.16. The predicted molar refractivity (Wildman–Crippen MR) is 123 cm³/mol. The predicted octanol–water partition coefficient (Wildman–Crippen LogP) is 3.81. The molecule has 29 heavy (non-hydrogen) atoms. The molecule has 154 valence electrons. The number of hydrogen-bond acceptors (Lipinski definition) is 5. The fraction of sp³-hybridized carbons (Fsp3) is 0.263. The first kappa shape index (κ1) is 20.8. The van der Waals surface area contributed by atoms with E-state index in [1.54, 1.807) is 4.14 Å². The number of nitrogens with one attached hydrogen (secondary N) is 1. The number of ether oxygens (including phenoxy) is 1. The van der Waals surface area contributed by atoms with Gasteiger partial charge in [0.15, 0.2) is 5.17 Å². The van der Waals surface area contributed by atoms with Crippen molar-refractivity contribution in [2.45, 2.75) is 23.9 Å². The molecule has 2 heterocycles. The molecule has 10 heteroatoms. The Morgan fingerprint density at radius 2 is 2.14 bits per heavy atom. The number of fused-ring (bicyclic) bond motifs is 1. The number of benzene rings is 2. The third kappa shape index (κ3) is 4.65. The molecule has 4 rings (SSSR count). The van der Waals surface area contributed by atoms with Crippen molar-refractivity contribution in [3.63, 3.8) is 0 Å². The van der Waals surface area contributed by atoms with E-state index in [0.29, 0.717) is 30.9 Å². The molecule has 0 aromatic heterocycles. The maximum atomic E-state index is 14.9. The van der Waals surface area contributed by atoms with Crippen molar-refractivity contribution < 1.29 is 17.5 Å². The van der Waals surface area contributed by atoms with Crippen molar-refractivity contribution in [2.75, 3.05) is 13.7 Å². The summed E-state index contributed by atoms with van der Waals surface area (Å²) in [7, 11) is -0.827. The molecule has 0 saturated carbocycles. The van der Waals surface area contributed by atoms with E-state index in [9.17, 15) is 12.8 Å². The number of nitrogens with zero attached hydrogens (tertiary/aromatic N) is 2. The zero-order valence-electron chi connectivity index (χ0n) is 15.5. The summed E-state index contributed by atoms with van der Waals surface area (Å²) >= 11 is -0.313. The first-order chi connectivity index (χ1) is 13.9. The fourth-order valence-corrected chi connectivity index (χ4v) is 8.07. The van der Waals surface area contributed by atoms with Gasteiger partial charge in [-0.1, -0.05) is 30.3 Å². The van der Waals surface area contributed by atoms with Crippen LogP contribution >= 0.6 is 28.3 Å². The molecule has 1 atom stereocenters. The summed E-state index contributed by atoms with van der Waals surface area (Å²) in [6.07, 6.45) is 0.699. The Labute approximate surface area is 181 Å². The molecule has 2 aliphatic rings. The normalized spacial score (nSPS) is 20.1. The Hall–Kier alpha value is -1.50. The second kappa shape index (κ2) is 8.70. The van der Waals surface area contributed by atoms with Crippen molar-refractivity contribution in [3.8, 4) is 5.75 Å². The molecular weight excluding hydrogens is 528 g/mol. The van der Waals surface area contributed by atoms with Crippen LogP contribution in [-0.4, -0.2) is 36.3 Å². The van der Waals surface area contributed by atoms with Crippen LogP contribution in [0, 0.1) is 5.82 Å². The van der Waals surface area contributed by atoms with Gasteiger partial charge in [-0.15, -0.1) is 4.40 Å². The largest absolute Gasteiger partial charge is 0.493 e. The first-order valence-electron chi connectivity index (χ1n) is 8.88. The molecule has 0 spiro atoms. The quantitative estimate of drug-likeness (QED) is 0.575. The Morgan fingerprint density at radius 3 is 2.86 bits per heavy atom.